The van der Waals surface area contributed by atoms with E-state index in [4.69, 9.17) is 5.84 Å². The van der Waals surface area contributed by atoms with Crippen molar-refractivity contribution in [3.63, 3.8) is 0 Å². The van der Waals surface area contributed by atoms with Crippen LogP contribution in [0.3, 0.4) is 0 Å². The lowest BCUT2D eigenvalue weighted by molar-refractivity contribution is 0.580. The maximum atomic E-state index is 5.64. The zero-order valence-corrected chi connectivity index (χ0v) is 11.5. The standard InChI is InChI=1S/C10H13BrN4S/c1-6-3-4-8(16-6)9(14-12)10-7(11)5-13-15(10)2/h3-5,9,14H,12H2,1-2H3. The number of rotatable bonds is 3. The van der Waals surface area contributed by atoms with E-state index >= 15 is 0 Å². The van der Waals surface area contributed by atoms with E-state index in [1.54, 1.807) is 17.5 Å². The molecule has 0 amide bonds. The number of hydrogen-bond donors (Lipinski definition) is 2. The number of hydrogen-bond acceptors (Lipinski definition) is 4. The molecule has 0 bridgehead atoms. The lowest BCUT2D eigenvalue weighted by Gasteiger charge is -2.15. The van der Waals surface area contributed by atoms with Crippen LogP contribution < -0.4 is 11.3 Å². The minimum Gasteiger partial charge on any atom is -0.270 e. The van der Waals surface area contributed by atoms with Gasteiger partial charge in [-0.15, -0.1) is 11.3 Å². The molecule has 4 nitrogen and oxygen atoms in total. The van der Waals surface area contributed by atoms with Gasteiger partial charge in [-0.3, -0.25) is 10.5 Å². The first-order chi connectivity index (χ1) is 7.63. The van der Waals surface area contributed by atoms with Gasteiger partial charge >= 0.3 is 0 Å². The minimum atomic E-state index is -0.0272. The maximum Gasteiger partial charge on any atom is 0.0981 e. The fourth-order valence-corrected chi connectivity index (χ4v) is 3.17. The van der Waals surface area contributed by atoms with Crippen LogP contribution in [0.4, 0.5) is 0 Å². The fourth-order valence-electron chi connectivity index (χ4n) is 1.65. The maximum absolute atomic E-state index is 5.64. The van der Waals surface area contributed by atoms with Gasteiger partial charge in [-0.2, -0.15) is 5.10 Å². The molecule has 3 N–H and O–H groups in total. The van der Waals surface area contributed by atoms with Crippen LogP contribution >= 0.6 is 27.3 Å². The third-order valence-electron chi connectivity index (χ3n) is 2.42. The molecule has 0 fully saturated rings. The van der Waals surface area contributed by atoms with E-state index in [9.17, 15) is 0 Å². The molecule has 1 atom stereocenters. The van der Waals surface area contributed by atoms with Crippen LogP contribution in [0.25, 0.3) is 0 Å². The van der Waals surface area contributed by atoms with Gasteiger partial charge in [0.05, 0.1) is 22.4 Å². The summed E-state index contributed by atoms with van der Waals surface area (Å²) in [6.45, 7) is 2.08. The molecule has 0 aliphatic heterocycles. The average molecular weight is 301 g/mol. The predicted octanol–water partition coefficient (Wildman–Crippen LogP) is 2.11. The zero-order valence-electron chi connectivity index (χ0n) is 9.07. The molecule has 0 aliphatic rings. The molecular formula is C10H13BrN4S. The summed E-state index contributed by atoms with van der Waals surface area (Å²) >= 11 is 5.22. The van der Waals surface area contributed by atoms with E-state index in [0.717, 1.165) is 10.2 Å². The molecule has 16 heavy (non-hydrogen) atoms. The van der Waals surface area contributed by atoms with Gasteiger partial charge in [0.2, 0.25) is 0 Å². The molecule has 2 rings (SSSR count). The van der Waals surface area contributed by atoms with Gasteiger partial charge in [0, 0.05) is 16.8 Å². The summed E-state index contributed by atoms with van der Waals surface area (Å²) in [5.74, 6) is 5.64. The summed E-state index contributed by atoms with van der Waals surface area (Å²) < 4.78 is 2.79. The SMILES string of the molecule is Cc1ccc(C(NN)c2c(Br)cnn2C)s1. The van der Waals surface area contributed by atoms with Gasteiger partial charge < -0.3 is 0 Å². The van der Waals surface area contributed by atoms with E-state index in [0.29, 0.717) is 0 Å². The summed E-state index contributed by atoms with van der Waals surface area (Å²) in [5, 5.41) is 4.20. The second-order valence-electron chi connectivity index (χ2n) is 3.55. The molecule has 1 unspecified atom stereocenters. The van der Waals surface area contributed by atoms with Crippen molar-refractivity contribution in [1.82, 2.24) is 15.2 Å². The molecule has 0 aromatic carbocycles. The van der Waals surface area contributed by atoms with Gasteiger partial charge in [-0.25, -0.2) is 5.43 Å². The second kappa shape index (κ2) is 4.67. The average Bonchev–Trinajstić information content (AvgIpc) is 2.80. The second-order valence-corrected chi connectivity index (χ2v) is 5.72. The van der Waals surface area contributed by atoms with Crippen molar-refractivity contribution < 1.29 is 0 Å². The van der Waals surface area contributed by atoms with Crippen LogP contribution in [-0.2, 0) is 7.05 Å². The third kappa shape index (κ3) is 2.06. The van der Waals surface area contributed by atoms with Crippen molar-refractivity contribution in [3.05, 3.63) is 38.3 Å². The van der Waals surface area contributed by atoms with E-state index in [2.05, 4.69) is 45.5 Å². The Morgan fingerprint density at radius 1 is 1.56 bits per heavy atom. The molecule has 0 aliphatic carbocycles. The lowest BCUT2D eigenvalue weighted by atomic mass is 10.2. The molecule has 0 saturated carbocycles. The Balaban J connectivity index is 2.44. The van der Waals surface area contributed by atoms with Crippen molar-refractivity contribution in [2.75, 3.05) is 0 Å². The van der Waals surface area contributed by atoms with Crippen molar-refractivity contribution in [2.24, 2.45) is 12.9 Å². The normalized spacial score (nSPS) is 13.0. The van der Waals surface area contributed by atoms with Gasteiger partial charge in [-0.1, -0.05) is 0 Å². The Hall–Kier alpha value is -0.690. The monoisotopic (exact) mass is 300 g/mol. The van der Waals surface area contributed by atoms with Gasteiger partial charge in [0.1, 0.15) is 0 Å². The lowest BCUT2D eigenvalue weighted by Crippen LogP contribution is -2.30. The molecule has 0 radical (unpaired) electrons. The first-order valence-electron chi connectivity index (χ1n) is 4.83. The van der Waals surface area contributed by atoms with Gasteiger partial charge in [-0.05, 0) is 35.0 Å². The first-order valence-corrected chi connectivity index (χ1v) is 6.44. The highest BCUT2D eigenvalue weighted by Crippen LogP contribution is 2.31. The van der Waals surface area contributed by atoms with Gasteiger partial charge in [0.25, 0.3) is 0 Å². The summed E-state index contributed by atoms with van der Waals surface area (Å²) in [6, 6.07) is 4.15. The number of thiophene rings is 1. The summed E-state index contributed by atoms with van der Waals surface area (Å²) in [6.07, 6.45) is 1.78. The Bertz CT molecular complexity index is 471. The third-order valence-corrected chi connectivity index (χ3v) is 4.10. The molecule has 0 saturated heterocycles. The summed E-state index contributed by atoms with van der Waals surface area (Å²) in [4.78, 5) is 2.46. The molecule has 2 aromatic rings. The zero-order chi connectivity index (χ0) is 11.7. The van der Waals surface area contributed by atoms with E-state index in [1.165, 1.54) is 9.75 Å². The topological polar surface area (TPSA) is 55.9 Å². The fraction of sp³-hybridized carbons (Fsp3) is 0.300. The molecule has 2 aromatic heterocycles. The smallest absolute Gasteiger partial charge is 0.0981 e. The van der Waals surface area contributed by atoms with Crippen LogP contribution in [-0.4, -0.2) is 9.78 Å². The molecular weight excluding hydrogens is 288 g/mol. The predicted molar refractivity (Wildman–Crippen MR) is 69.1 cm³/mol. The van der Waals surface area contributed by atoms with Gasteiger partial charge in [0.15, 0.2) is 0 Å². The van der Waals surface area contributed by atoms with Crippen LogP contribution in [0.15, 0.2) is 22.8 Å². The summed E-state index contributed by atoms with van der Waals surface area (Å²) in [5.41, 5.74) is 3.87. The number of aromatic nitrogens is 2. The molecule has 2 heterocycles. The van der Waals surface area contributed by atoms with Crippen LogP contribution in [0.5, 0.6) is 0 Å². The van der Waals surface area contributed by atoms with E-state index in [-0.39, 0.29) is 6.04 Å². The number of nitrogens with two attached hydrogens (primary N) is 1. The highest BCUT2D eigenvalue weighted by Gasteiger charge is 2.20. The molecule has 86 valence electrons. The van der Waals surface area contributed by atoms with Crippen LogP contribution in [0.2, 0.25) is 0 Å². The molecule has 0 spiro atoms. The number of nitrogens with one attached hydrogen (secondary N) is 1. The van der Waals surface area contributed by atoms with Crippen molar-refractivity contribution in [3.8, 4) is 0 Å². The highest BCUT2D eigenvalue weighted by atomic mass is 79.9. The Kier molecular flexibility index (Phi) is 3.44. The Morgan fingerprint density at radius 3 is 2.75 bits per heavy atom. The quantitative estimate of drug-likeness (QED) is 0.674. The van der Waals surface area contributed by atoms with Crippen LogP contribution in [0, 0.1) is 6.92 Å². The Morgan fingerprint density at radius 2 is 2.31 bits per heavy atom. The number of hydrazine groups is 1. The number of aryl methyl sites for hydroxylation is 2. The Labute approximate surface area is 107 Å². The minimum absolute atomic E-state index is 0.0272. The van der Waals surface area contributed by atoms with E-state index < -0.39 is 0 Å². The number of halogens is 1. The largest absolute Gasteiger partial charge is 0.270 e. The number of nitrogens with zero attached hydrogens (tertiary/aromatic N) is 2. The summed E-state index contributed by atoms with van der Waals surface area (Å²) in [7, 11) is 1.91. The van der Waals surface area contributed by atoms with Crippen molar-refractivity contribution >= 4 is 27.3 Å². The highest BCUT2D eigenvalue weighted by molar-refractivity contribution is 9.10. The van der Waals surface area contributed by atoms with Crippen molar-refractivity contribution in [1.29, 1.82) is 0 Å². The van der Waals surface area contributed by atoms with E-state index in [1.807, 2.05) is 11.7 Å². The first kappa shape index (κ1) is 11.8. The van der Waals surface area contributed by atoms with Crippen LogP contribution in [0.1, 0.15) is 21.5 Å². The molecule has 6 heteroatoms. The van der Waals surface area contributed by atoms with Crippen molar-refractivity contribution in [2.45, 2.75) is 13.0 Å².